The van der Waals surface area contributed by atoms with Gasteiger partial charge in [0.25, 0.3) is 5.56 Å². The van der Waals surface area contributed by atoms with Crippen molar-refractivity contribution in [1.82, 2.24) is 4.98 Å². The number of carbonyl (C=O) groups is 1. The number of aromatic nitrogens is 1. The van der Waals surface area contributed by atoms with E-state index in [-0.39, 0.29) is 23.6 Å². The van der Waals surface area contributed by atoms with Gasteiger partial charge < -0.3 is 24.9 Å². The van der Waals surface area contributed by atoms with E-state index in [0.29, 0.717) is 33.5 Å². The topological polar surface area (TPSA) is 104 Å². The first-order valence-corrected chi connectivity index (χ1v) is 9.60. The Bertz CT molecular complexity index is 1220. The maximum atomic E-state index is 13.2. The van der Waals surface area contributed by atoms with E-state index >= 15 is 0 Å². The standard InChI is InChI=1S/C23H22N2O5/c1-4-29-23(27)18-16(13-8-10-14(28-3)11-9-13)17-20(30-21(18)24)15-7-5-6-12(2)19(15)25-22(17)26/h5-11,16H,4,24H2,1-3H3,(H,25,26). The predicted octanol–water partition coefficient (Wildman–Crippen LogP) is 3.10. The molecule has 154 valence electrons. The van der Waals surface area contributed by atoms with Crippen LogP contribution in [0.2, 0.25) is 0 Å². The molecule has 0 spiro atoms. The molecule has 1 unspecified atom stereocenters. The predicted molar refractivity (Wildman–Crippen MR) is 113 cm³/mol. The van der Waals surface area contributed by atoms with E-state index in [0.717, 1.165) is 5.56 Å². The summed E-state index contributed by atoms with van der Waals surface area (Å²) < 4.78 is 16.3. The van der Waals surface area contributed by atoms with Crippen molar-refractivity contribution in [3.63, 3.8) is 0 Å². The minimum absolute atomic E-state index is 0.0739. The third-order valence-electron chi connectivity index (χ3n) is 5.24. The number of rotatable bonds is 4. The average Bonchev–Trinajstić information content (AvgIpc) is 2.74. The molecule has 1 aliphatic rings. The van der Waals surface area contributed by atoms with E-state index in [9.17, 15) is 9.59 Å². The van der Waals surface area contributed by atoms with E-state index in [1.807, 2.05) is 25.1 Å². The van der Waals surface area contributed by atoms with Crippen molar-refractivity contribution >= 4 is 16.9 Å². The molecule has 3 aromatic rings. The zero-order chi connectivity index (χ0) is 21.4. The minimum Gasteiger partial charge on any atom is -0.497 e. The number of ether oxygens (including phenoxy) is 3. The van der Waals surface area contributed by atoms with E-state index in [4.69, 9.17) is 19.9 Å². The van der Waals surface area contributed by atoms with Crippen molar-refractivity contribution in [3.8, 4) is 11.5 Å². The molecule has 2 heterocycles. The fraction of sp³-hybridized carbons (Fsp3) is 0.217. The van der Waals surface area contributed by atoms with Crippen molar-refractivity contribution in [2.45, 2.75) is 19.8 Å². The van der Waals surface area contributed by atoms with Gasteiger partial charge in [0.05, 0.1) is 30.7 Å². The lowest BCUT2D eigenvalue weighted by molar-refractivity contribution is -0.139. The Hall–Kier alpha value is -3.74. The van der Waals surface area contributed by atoms with Gasteiger partial charge in [-0.25, -0.2) is 4.79 Å². The molecule has 0 radical (unpaired) electrons. The number of pyridine rings is 1. The number of esters is 1. The Kier molecular flexibility index (Phi) is 4.95. The number of aryl methyl sites for hydroxylation is 1. The van der Waals surface area contributed by atoms with Crippen molar-refractivity contribution in [2.75, 3.05) is 13.7 Å². The summed E-state index contributed by atoms with van der Waals surface area (Å²) in [6.45, 7) is 3.78. The van der Waals surface area contributed by atoms with Crippen LogP contribution < -0.4 is 20.8 Å². The molecule has 2 aromatic carbocycles. The second-order valence-electron chi connectivity index (χ2n) is 7.00. The van der Waals surface area contributed by atoms with E-state index in [1.165, 1.54) is 0 Å². The number of carbonyl (C=O) groups excluding carboxylic acids is 1. The zero-order valence-corrected chi connectivity index (χ0v) is 16.9. The maximum Gasteiger partial charge on any atom is 0.340 e. The van der Waals surface area contributed by atoms with Crippen LogP contribution in [0.5, 0.6) is 11.5 Å². The second kappa shape index (κ2) is 7.59. The Balaban J connectivity index is 2.03. The number of hydrogen-bond donors (Lipinski definition) is 2. The van der Waals surface area contributed by atoms with Crippen molar-refractivity contribution in [3.05, 3.63) is 81.0 Å². The smallest absolute Gasteiger partial charge is 0.340 e. The summed E-state index contributed by atoms with van der Waals surface area (Å²) in [4.78, 5) is 28.9. The van der Waals surface area contributed by atoms with Crippen molar-refractivity contribution in [2.24, 2.45) is 5.73 Å². The molecule has 7 nitrogen and oxygen atoms in total. The number of methoxy groups -OCH3 is 1. The highest BCUT2D eigenvalue weighted by atomic mass is 16.5. The number of para-hydroxylation sites is 1. The van der Waals surface area contributed by atoms with Gasteiger partial charge in [-0.1, -0.05) is 24.3 Å². The molecule has 30 heavy (non-hydrogen) atoms. The lowest BCUT2D eigenvalue weighted by atomic mass is 9.82. The molecular formula is C23H22N2O5. The molecule has 7 heteroatoms. The van der Waals surface area contributed by atoms with Gasteiger partial charge in [-0.3, -0.25) is 4.79 Å². The van der Waals surface area contributed by atoms with Gasteiger partial charge in [-0.2, -0.15) is 0 Å². The van der Waals surface area contributed by atoms with Crippen molar-refractivity contribution < 1.29 is 19.0 Å². The maximum absolute atomic E-state index is 13.2. The van der Waals surface area contributed by atoms with Gasteiger partial charge in [-0.05, 0) is 43.2 Å². The van der Waals surface area contributed by atoms with E-state index in [2.05, 4.69) is 4.98 Å². The zero-order valence-electron chi connectivity index (χ0n) is 16.9. The Morgan fingerprint density at radius 3 is 2.60 bits per heavy atom. The lowest BCUT2D eigenvalue weighted by Gasteiger charge is -2.28. The van der Waals surface area contributed by atoms with Gasteiger partial charge >= 0.3 is 5.97 Å². The summed E-state index contributed by atoms with van der Waals surface area (Å²) in [6.07, 6.45) is 0. The highest BCUT2D eigenvalue weighted by Crippen LogP contribution is 2.44. The number of hydrogen-bond acceptors (Lipinski definition) is 6. The van der Waals surface area contributed by atoms with Crippen LogP contribution in [0.15, 0.2) is 58.7 Å². The summed E-state index contributed by atoms with van der Waals surface area (Å²) in [5.74, 6) is -0.430. The first-order valence-electron chi connectivity index (χ1n) is 9.60. The number of nitrogens with one attached hydrogen (secondary N) is 1. The Morgan fingerprint density at radius 1 is 1.20 bits per heavy atom. The number of nitrogens with two attached hydrogens (primary N) is 1. The Labute approximate surface area is 173 Å². The fourth-order valence-corrected chi connectivity index (χ4v) is 3.83. The second-order valence-corrected chi connectivity index (χ2v) is 7.00. The molecule has 1 aliphatic heterocycles. The monoisotopic (exact) mass is 406 g/mol. The van der Waals surface area contributed by atoms with Crippen LogP contribution >= 0.6 is 0 Å². The highest BCUT2D eigenvalue weighted by Gasteiger charge is 2.38. The van der Waals surface area contributed by atoms with E-state index in [1.54, 1.807) is 38.3 Å². The molecule has 0 aliphatic carbocycles. The van der Waals surface area contributed by atoms with Crippen LogP contribution in [0.4, 0.5) is 0 Å². The molecule has 0 saturated heterocycles. The largest absolute Gasteiger partial charge is 0.497 e. The quantitative estimate of drug-likeness (QED) is 0.646. The highest BCUT2D eigenvalue weighted by molar-refractivity contribution is 5.95. The van der Waals surface area contributed by atoms with Gasteiger partial charge in [0.15, 0.2) is 0 Å². The molecular weight excluding hydrogens is 384 g/mol. The summed E-state index contributed by atoms with van der Waals surface area (Å²) in [6, 6.07) is 12.8. The molecule has 0 saturated carbocycles. The molecule has 3 N–H and O–H groups in total. The van der Waals surface area contributed by atoms with Gasteiger partial charge in [0.1, 0.15) is 17.1 Å². The third kappa shape index (κ3) is 3.08. The SMILES string of the molecule is CCOC(=O)C1=C(N)Oc2c(c(=O)[nH]c3c(C)cccc23)C1c1ccc(OC)cc1. The fourth-order valence-electron chi connectivity index (χ4n) is 3.83. The summed E-state index contributed by atoms with van der Waals surface area (Å²) in [5, 5.41) is 0.717. The van der Waals surface area contributed by atoms with E-state index < -0.39 is 11.9 Å². The first-order chi connectivity index (χ1) is 14.5. The van der Waals surface area contributed by atoms with Crippen LogP contribution in [0.25, 0.3) is 10.9 Å². The molecule has 1 aromatic heterocycles. The van der Waals surface area contributed by atoms with Gasteiger partial charge in [0.2, 0.25) is 5.88 Å². The summed E-state index contributed by atoms with van der Waals surface area (Å²) in [5.41, 5.74) is 8.55. The molecule has 1 atom stereocenters. The number of fused-ring (bicyclic) bond motifs is 3. The average molecular weight is 406 g/mol. The summed E-state index contributed by atoms with van der Waals surface area (Å²) in [7, 11) is 1.57. The Morgan fingerprint density at radius 2 is 1.93 bits per heavy atom. The first kappa shape index (κ1) is 19.6. The van der Waals surface area contributed by atoms with Crippen molar-refractivity contribution in [1.29, 1.82) is 0 Å². The van der Waals surface area contributed by atoms with Gasteiger partial charge in [0, 0.05) is 5.39 Å². The molecule has 0 bridgehead atoms. The third-order valence-corrected chi connectivity index (χ3v) is 5.24. The molecule has 0 amide bonds. The molecule has 4 rings (SSSR count). The van der Waals surface area contributed by atoms with Crippen LogP contribution in [-0.2, 0) is 9.53 Å². The summed E-state index contributed by atoms with van der Waals surface area (Å²) >= 11 is 0. The van der Waals surface area contributed by atoms with Crippen LogP contribution in [-0.4, -0.2) is 24.7 Å². The number of benzene rings is 2. The van der Waals surface area contributed by atoms with Crippen LogP contribution in [0.1, 0.15) is 29.5 Å². The van der Waals surface area contributed by atoms with Crippen LogP contribution in [0.3, 0.4) is 0 Å². The minimum atomic E-state index is -0.743. The number of H-pyrrole nitrogens is 1. The van der Waals surface area contributed by atoms with Crippen LogP contribution in [0, 0.1) is 6.92 Å². The normalized spacial score (nSPS) is 15.5. The lowest BCUT2D eigenvalue weighted by Crippen LogP contribution is -2.32. The van der Waals surface area contributed by atoms with Gasteiger partial charge in [-0.15, -0.1) is 0 Å². The molecule has 0 fully saturated rings. The number of aromatic amines is 1.